The Morgan fingerprint density at radius 1 is 1.05 bits per heavy atom. The predicted octanol–water partition coefficient (Wildman–Crippen LogP) is 4.74. The Balaban J connectivity index is 1.68. The summed E-state index contributed by atoms with van der Waals surface area (Å²) in [6.07, 6.45) is 4.91. The summed E-state index contributed by atoms with van der Waals surface area (Å²) in [6.45, 7) is 2.08. The predicted molar refractivity (Wildman–Crippen MR) is 150 cm³/mol. The molecule has 0 radical (unpaired) electrons. The van der Waals surface area contributed by atoms with Crippen LogP contribution in [-0.4, -0.2) is 36.4 Å². The molecule has 0 unspecified atom stereocenters. The molecule has 2 aromatic heterocycles. The fourth-order valence-corrected chi connectivity index (χ4v) is 5.65. The topological polar surface area (TPSA) is 88.5 Å². The molecule has 4 aromatic rings. The highest BCUT2D eigenvalue weighted by atomic mass is 32.2. The summed E-state index contributed by atoms with van der Waals surface area (Å²) >= 11 is 5.86. The lowest BCUT2D eigenvalue weighted by Crippen LogP contribution is -2.30. The Morgan fingerprint density at radius 2 is 1.84 bits per heavy atom. The van der Waals surface area contributed by atoms with E-state index in [4.69, 9.17) is 17.0 Å². The number of thiocarbonyl (C=S) groups is 1. The molecule has 1 fully saturated rings. The standard InChI is InChI=1S/C27H27N5O3S2/c1-18-9-4-5-11-22(18)31-16-8-12-23(31)26-25(20-10-6-7-15-28-20)29-27(36)32(26)19-13-14-24(35-2)21(17-19)30-37(3,33)34/h4-17,25-26,30H,1-3H3,(H,29,36)/t25-,26-/m0/s1. The van der Waals surface area contributed by atoms with Crippen LogP contribution in [0.2, 0.25) is 0 Å². The highest BCUT2D eigenvalue weighted by Crippen LogP contribution is 2.44. The number of para-hydroxylation sites is 1. The zero-order valence-corrected chi connectivity index (χ0v) is 22.3. The summed E-state index contributed by atoms with van der Waals surface area (Å²) < 4.78 is 34.2. The zero-order valence-electron chi connectivity index (χ0n) is 20.6. The van der Waals surface area contributed by atoms with Crippen molar-refractivity contribution in [1.29, 1.82) is 0 Å². The van der Waals surface area contributed by atoms with E-state index in [1.165, 1.54) is 7.11 Å². The number of hydrogen-bond donors (Lipinski definition) is 2. The van der Waals surface area contributed by atoms with Gasteiger partial charge >= 0.3 is 0 Å². The lowest BCUT2D eigenvalue weighted by atomic mass is 10.0. The summed E-state index contributed by atoms with van der Waals surface area (Å²) in [6, 6.07) is 22.9. The lowest BCUT2D eigenvalue weighted by molar-refractivity contribution is 0.417. The number of pyridine rings is 1. The number of sulfonamides is 1. The van der Waals surface area contributed by atoms with E-state index in [9.17, 15) is 8.42 Å². The maximum Gasteiger partial charge on any atom is 0.229 e. The number of anilines is 2. The highest BCUT2D eigenvalue weighted by molar-refractivity contribution is 7.92. The number of hydrogen-bond acceptors (Lipinski definition) is 5. The van der Waals surface area contributed by atoms with Gasteiger partial charge in [-0.05, 0) is 73.2 Å². The van der Waals surface area contributed by atoms with Crippen LogP contribution in [-0.2, 0) is 10.0 Å². The van der Waals surface area contributed by atoms with E-state index in [-0.39, 0.29) is 12.1 Å². The monoisotopic (exact) mass is 533 g/mol. The number of aryl methyl sites for hydroxylation is 1. The van der Waals surface area contributed by atoms with Crippen LogP contribution in [0.15, 0.2) is 85.2 Å². The average molecular weight is 534 g/mol. The molecule has 2 aromatic carbocycles. The molecule has 8 nitrogen and oxygen atoms in total. The molecule has 0 aliphatic carbocycles. The molecule has 2 N–H and O–H groups in total. The van der Waals surface area contributed by atoms with Crippen molar-refractivity contribution in [2.24, 2.45) is 0 Å². The summed E-state index contributed by atoms with van der Waals surface area (Å²) in [5.74, 6) is 0.411. The molecule has 1 aliphatic rings. The second-order valence-corrected chi connectivity index (χ2v) is 11.0. The number of nitrogens with one attached hydrogen (secondary N) is 2. The minimum Gasteiger partial charge on any atom is -0.495 e. The van der Waals surface area contributed by atoms with Gasteiger partial charge in [0.2, 0.25) is 10.0 Å². The molecule has 0 amide bonds. The number of ether oxygens (including phenoxy) is 1. The first-order chi connectivity index (χ1) is 17.8. The maximum absolute atomic E-state index is 12.1. The molecule has 190 valence electrons. The first-order valence-corrected chi connectivity index (χ1v) is 14.0. The second-order valence-electron chi connectivity index (χ2n) is 8.84. The van der Waals surface area contributed by atoms with Gasteiger partial charge in [0.15, 0.2) is 5.11 Å². The van der Waals surface area contributed by atoms with Crippen LogP contribution < -0.4 is 19.7 Å². The fourth-order valence-electron chi connectivity index (χ4n) is 4.75. The molecule has 3 heterocycles. The van der Waals surface area contributed by atoms with Gasteiger partial charge in [-0.3, -0.25) is 9.71 Å². The van der Waals surface area contributed by atoms with E-state index in [0.29, 0.717) is 22.2 Å². The van der Waals surface area contributed by atoms with E-state index in [1.54, 1.807) is 18.3 Å². The summed E-state index contributed by atoms with van der Waals surface area (Å²) in [7, 11) is -2.03. The fraction of sp³-hybridized carbons (Fsp3) is 0.185. The number of methoxy groups -OCH3 is 1. The molecule has 5 rings (SSSR count). The molecule has 0 saturated carbocycles. The largest absolute Gasteiger partial charge is 0.495 e. The summed E-state index contributed by atoms with van der Waals surface area (Å²) in [4.78, 5) is 6.63. The van der Waals surface area contributed by atoms with Crippen molar-refractivity contribution in [3.63, 3.8) is 0 Å². The van der Waals surface area contributed by atoms with Crippen molar-refractivity contribution in [3.05, 3.63) is 102 Å². The minimum absolute atomic E-state index is 0.250. The normalized spacial score (nSPS) is 17.5. The first-order valence-electron chi connectivity index (χ1n) is 11.7. The molecular weight excluding hydrogens is 506 g/mol. The van der Waals surface area contributed by atoms with Crippen LogP contribution in [0, 0.1) is 6.92 Å². The van der Waals surface area contributed by atoms with Crippen LogP contribution in [0.1, 0.15) is 29.0 Å². The smallest absolute Gasteiger partial charge is 0.229 e. The minimum atomic E-state index is -3.53. The van der Waals surface area contributed by atoms with Gasteiger partial charge < -0.3 is 19.5 Å². The van der Waals surface area contributed by atoms with Gasteiger partial charge in [-0.25, -0.2) is 8.42 Å². The molecule has 1 aliphatic heterocycles. The molecule has 1 saturated heterocycles. The number of aromatic nitrogens is 2. The number of benzene rings is 2. The van der Waals surface area contributed by atoms with Crippen molar-refractivity contribution in [2.75, 3.05) is 23.0 Å². The van der Waals surface area contributed by atoms with Crippen LogP contribution in [0.5, 0.6) is 5.75 Å². The number of rotatable bonds is 7. The van der Waals surface area contributed by atoms with Gasteiger partial charge in [0.25, 0.3) is 0 Å². The van der Waals surface area contributed by atoms with Crippen molar-refractivity contribution in [1.82, 2.24) is 14.9 Å². The average Bonchev–Trinajstić information content (AvgIpc) is 3.48. The van der Waals surface area contributed by atoms with Crippen LogP contribution >= 0.6 is 12.2 Å². The Hall–Kier alpha value is -3.89. The van der Waals surface area contributed by atoms with Gasteiger partial charge in [0, 0.05) is 29.5 Å². The Kier molecular flexibility index (Phi) is 6.61. The summed E-state index contributed by atoms with van der Waals surface area (Å²) in [5.41, 5.74) is 5.10. The Labute approximate surface area is 222 Å². The molecule has 0 bridgehead atoms. The highest BCUT2D eigenvalue weighted by Gasteiger charge is 2.42. The van der Waals surface area contributed by atoms with Gasteiger partial charge in [-0.2, -0.15) is 0 Å². The van der Waals surface area contributed by atoms with Crippen molar-refractivity contribution in [3.8, 4) is 11.4 Å². The van der Waals surface area contributed by atoms with E-state index in [2.05, 4.69) is 44.7 Å². The van der Waals surface area contributed by atoms with E-state index < -0.39 is 10.0 Å². The van der Waals surface area contributed by atoms with E-state index in [0.717, 1.165) is 28.9 Å². The quantitative estimate of drug-likeness (QED) is 0.332. The van der Waals surface area contributed by atoms with E-state index in [1.807, 2.05) is 53.6 Å². The van der Waals surface area contributed by atoms with Gasteiger partial charge in [0.05, 0.1) is 30.8 Å². The third-order valence-corrected chi connectivity index (χ3v) is 7.22. The van der Waals surface area contributed by atoms with Crippen molar-refractivity contribution < 1.29 is 13.2 Å². The molecule has 37 heavy (non-hydrogen) atoms. The Bertz CT molecular complexity index is 1550. The third-order valence-electron chi connectivity index (χ3n) is 6.31. The first kappa shape index (κ1) is 24.8. The van der Waals surface area contributed by atoms with Gasteiger partial charge in [0.1, 0.15) is 11.8 Å². The number of nitrogens with zero attached hydrogens (tertiary/aromatic N) is 3. The molecular formula is C27H27N5O3S2. The zero-order chi connectivity index (χ0) is 26.2. The lowest BCUT2D eigenvalue weighted by Gasteiger charge is -2.29. The van der Waals surface area contributed by atoms with E-state index >= 15 is 0 Å². The maximum atomic E-state index is 12.1. The van der Waals surface area contributed by atoms with Crippen LogP contribution in [0.3, 0.4) is 0 Å². The molecule has 2 atom stereocenters. The van der Waals surface area contributed by atoms with Crippen LogP contribution in [0.4, 0.5) is 11.4 Å². The third kappa shape index (κ3) is 4.90. The molecule has 0 spiro atoms. The van der Waals surface area contributed by atoms with Gasteiger partial charge in [-0.1, -0.05) is 24.3 Å². The van der Waals surface area contributed by atoms with Gasteiger partial charge in [-0.15, -0.1) is 0 Å². The molecule has 10 heteroatoms. The van der Waals surface area contributed by atoms with Crippen molar-refractivity contribution in [2.45, 2.75) is 19.0 Å². The summed E-state index contributed by atoms with van der Waals surface area (Å²) in [5, 5.41) is 3.97. The SMILES string of the molecule is COc1ccc(N2C(=S)N[C@@H](c3ccccn3)[C@@H]2c2cccn2-c2ccccc2C)cc1NS(C)(=O)=O. The Morgan fingerprint density at radius 3 is 2.54 bits per heavy atom. The van der Waals surface area contributed by atoms with Crippen LogP contribution in [0.25, 0.3) is 5.69 Å². The second kappa shape index (κ2) is 9.87. The van der Waals surface area contributed by atoms with Crippen molar-refractivity contribution >= 4 is 38.7 Å².